The van der Waals surface area contributed by atoms with E-state index in [0.717, 1.165) is 46.9 Å². The molecule has 2 aromatic heterocycles. The molecular weight excluding hydrogens is 428 g/mol. The Bertz CT molecular complexity index is 1090. The number of nitrogens with one attached hydrogen (secondary N) is 2. The molecule has 0 unspecified atom stereocenters. The molecular formula is C23H24N4O2S2. The first-order valence-electron chi connectivity index (χ1n) is 10.2. The summed E-state index contributed by atoms with van der Waals surface area (Å²) in [6.45, 7) is 3.91. The van der Waals surface area contributed by atoms with E-state index >= 15 is 0 Å². The van der Waals surface area contributed by atoms with Gasteiger partial charge in [0.05, 0.1) is 5.56 Å². The van der Waals surface area contributed by atoms with Gasteiger partial charge in [-0.1, -0.05) is 23.9 Å². The number of hydrazine groups is 1. The monoisotopic (exact) mass is 452 g/mol. The van der Waals surface area contributed by atoms with Crippen molar-refractivity contribution in [2.24, 2.45) is 0 Å². The highest BCUT2D eigenvalue weighted by Crippen LogP contribution is 2.30. The van der Waals surface area contributed by atoms with Gasteiger partial charge in [-0.25, -0.2) is 9.97 Å². The zero-order chi connectivity index (χ0) is 21.8. The van der Waals surface area contributed by atoms with Crippen LogP contribution in [-0.4, -0.2) is 21.8 Å². The molecule has 2 N–H and O–H groups in total. The Balaban J connectivity index is 1.31. The van der Waals surface area contributed by atoms with Crippen LogP contribution >= 0.6 is 23.1 Å². The molecule has 0 atom stereocenters. The molecule has 3 aromatic rings. The largest absolute Gasteiger partial charge is 0.270 e. The fraction of sp³-hybridized carbons (Fsp3) is 0.304. The first kappa shape index (κ1) is 21.5. The fourth-order valence-electron chi connectivity index (χ4n) is 3.60. The molecule has 2 heterocycles. The second-order valence-electron chi connectivity index (χ2n) is 7.59. The zero-order valence-electron chi connectivity index (χ0n) is 17.5. The van der Waals surface area contributed by atoms with Crippen LogP contribution in [0.4, 0.5) is 0 Å². The highest BCUT2D eigenvalue weighted by Gasteiger charge is 2.20. The van der Waals surface area contributed by atoms with Crippen molar-refractivity contribution in [1.29, 1.82) is 0 Å². The third-order valence-corrected chi connectivity index (χ3v) is 7.15. The highest BCUT2D eigenvalue weighted by atomic mass is 32.2. The van der Waals surface area contributed by atoms with Gasteiger partial charge in [0.2, 0.25) is 0 Å². The van der Waals surface area contributed by atoms with Gasteiger partial charge in [-0.2, -0.15) is 0 Å². The van der Waals surface area contributed by atoms with E-state index < -0.39 is 0 Å². The van der Waals surface area contributed by atoms with Gasteiger partial charge in [0, 0.05) is 33.0 Å². The molecule has 0 bridgehead atoms. The van der Waals surface area contributed by atoms with Crippen LogP contribution in [0.1, 0.15) is 60.9 Å². The number of carbonyl (C=O) groups excluding carboxylic acids is 2. The minimum absolute atomic E-state index is 0.255. The lowest BCUT2D eigenvalue weighted by molar-refractivity contribution is 0.0846. The highest BCUT2D eigenvalue weighted by molar-refractivity contribution is 7.98. The van der Waals surface area contributed by atoms with Crippen molar-refractivity contribution >= 4 is 34.9 Å². The molecule has 1 aromatic carbocycles. The first-order chi connectivity index (χ1) is 15.0. The van der Waals surface area contributed by atoms with Crippen LogP contribution in [0.5, 0.6) is 0 Å². The van der Waals surface area contributed by atoms with E-state index in [4.69, 9.17) is 0 Å². The van der Waals surface area contributed by atoms with Crippen LogP contribution in [0.15, 0.2) is 40.9 Å². The summed E-state index contributed by atoms with van der Waals surface area (Å²) in [4.78, 5) is 35.1. The molecule has 4 rings (SSSR count). The molecule has 0 radical (unpaired) electrons. The van der Waals surface area contributed by atoms with E-state index in [9.17, 15) is 9.59 Å². The van der Waals surface area contributed by atoms with Crippen molar-refractivity contribution in [1.82, 2.24) is 20.8 Å². The third-order valence-electron chi connectivity index (χ3n) is 5.14. The maximum Gasteiger partial charge on any atom is 0.270 e. The Morgan fingerprint density at radius 2 is 1.68 bits per heavy atom. The van der Waals surface area contributed by atoms with Gasteiger partial charge in [0.25, 0.3) is 11.8 Å². The summed E-state index contributed by atoms with van der Waals surface area (Å²) >= 11 is 3.19. The summed E-state index contributed by atoms with van der Waals surface area (Å²) in [6.07, 6.45) is 4.26. The van der Waals surface area contributed by atoms with Gasteiger partial charge >= 0.3 is 0 Å². The van der Waals surface area contributed by atoms with Gasteiger partial charge in [0.15, 0.2) is 5.16 Å². The quantitative estimate of drug-likeness (QED) is 0.341. The molecule has 0 spiro atoms. The molecule has 31 heavy (non-hydrogen) atoms. The van der Waals surface area contributed by atoms with Crippen molar-refractivity contribution in [3.63, 3.8) is 0 Å². The van der Waals surface area contributed by atoms with Gasteiger partial charge in [0.1, 0.15) is 0 Å². The van der Waals surface area contributed by atoms with Gasteiger partial charge in [-0.15, -0.1) is 11.3 Å². The predicted octanol–water partition coefficient (Wildman–Crippen LogP) is 4.40. The van der Waals surface area contributed by atoms with Gasteiger partial charge in [-0.05, 0) is 68.9 Å². The lowest BCUT2D eigenvalue weighted by Gasteiger charge is -2.13. The van der Waals surface area contributed by atoms with E-state index in [1.807, 2.05) is 37.4 Å². The van der Waals surface area contributed by atoms with Gasteiger partial charge in [-0.3, -0.25) is 20.4 Å². The normalized spacial score (nSPS) is 12.8. The Morgan fingerprint density at radius 3 is 2.42 bits per heavy atom. The maximum atomic E-state index is 12.5. The average molecular weight is 453 g/mol. The van der Waals surface area contributed by atoms with Crippen molar-refractivity contribution in [3.8, 4) is 0 Å². The topological polar surface area (TPSA) is 84.0 Å². The number of thiophene rings is 1. The van der Waals surface area contributed by atoms with E-state index in [2.05, 4.69) is 20.8 Å². The SMILES string of the molecule is Cc1cc(C)nc(SCc2ccc(C(=O)NNC(=O)c3csc4c3CCCC4)cc2)n1. The van der Waals surface area contributed by atoms with Crippen molar-refractivity contribution in [2.75, 3.05) is 0 Å². The molecule has 8 heteroatoms. The molecule has 6 nitrogen and oxygen atoms in total. The number of carbonyl (C=O) groups is 2. The van der Waals surface area contributed by atoms with Crippen LogP contribution in [-0.2, 0) is 18.6 Å². The third kappa shape index (κ3) is 5.32. The number of rotatable bonds is 5. The number of aryl methyl sites for hydroxylation is 3. The summed E-state index contributed by atoms with van der Waals surface area (Å²) in [5.74, 6) is 0.119. The first-order valence-corrected chi connectivity index (χ1v) is 12.1. The second-order valence-corrected chi connectivity index (χ2v) is 9.49. The predicted molar refractivity (Wildman–Crippen MR) is 123 cm³/mol. The molecule has 0 fully saturated rings. The minimum Gasteiger partial charge on any atom is -0.267 e. The van der Waals surface area contributed by atoms with E-state index in [0.29, 0.717) is 16.9 Å². The molecule has 2 amide bonds. The molecule has 0 aliphatic heterocycles. The Hall–Kier alpha value is -2.71. The van der Waals surface area contributed by atoms with Crippen molar-refractivity contribution in [3.05, 3.63) is 74.2 Å². The van der Waals surface area contributed by atoms with E-state index in [-0.39, 0.29) is 11.8 Å². The minimum atomic E-state index is -0.339. The second kappa shape index (κ2) is 9.62. The van der Waals surface area contributed by atoms with Crippen LogP contribution in [0.25, 0.3) is 0 Å². The summed E-state index contributed by atoms with van der Waals surface area (Å²) in [5.41, 5.74) is 10.4. The number of hydrogen-bond donors (Lipinski definition) is 2. The number of amides is 2. The maximum absolute atomic E-state index is 12.5. The molecule has 1 aliphatic carbocycles. The number of benzene rings is 1. The van der Waals surface area contributed by atoms with Crippen LogP contribution in [0.3, 0.4) is 0 Å². The number of aromatic nitrogens is 2. The zero-order valence-corrected chi connectivity index (χ0v) is 19.2. The smallest absolute Gasteiger partial charge is 0.267 e. The van der Waals surface area contributed by atoms with Crippen LogP contribution in [0.2, 0.25) is 0 Å². The molecule has 160 valence electrons. The summed E-state index contributed by atoms with van der Waals surface area (Å²) < 4.78 is 0. The number of thioether (sulfide) groups is 1. The Morgan fingerprint density at radius 1 is 1.00 bits per heavy atom. The molecule has 0 saturated heterocycles. The van der Waals surface area contributed by atoms with E-state index in [1.54, 1.807) is 35.2 Å². The van der Waals surface area contributed by atoms with Crippen LogP contribution < -0.4 is 10.9 Å². The Labute approximate surface area is 189 Å². The molecule has 1 aliphatic rings. The van der Waals surface area contributed by atoms with Gasteiger partial charge < -0.3 is 0 Å². The molecule has 0 saturated carbocycles. The lowest BCUT2D eigenvalue weighted by Crippen LogP contribution is -2.41. The fourth-order valence-corrected chi connectivity index (χ4v) is 5.63. The van der Waals surface area contributed by atoms with Crippen LogP contribution in [0, 0.1) is 13.8 Å². The van der Waals surface area contributed by atoms with E-state index in [1.165, 1.54) is 11.3 Å². The Kier molecular flexibility index (Phi) is 6.67. The number of nitrogens with zero attached hydrogens (tertiary/aromatic N) is 2. The number of hydrogen-bond acceptors (Lipinski definition) is 6. The summed E-state index contributed by atoms with van der Waals surface area (Å²) in [7, 11) is 0. The number of fused-ring (bicyclic) bond motifs is 1. The standard InChI is InChI=1S/C23H24N4O2S2/c1-14-11-15(2)25-23(24-14)31-12-16-7-9-17(10-8-16)21(28)26-27-22(29)19-13-30-20-6-4-3-5-18(19)20/h7-11,13H,3-6,12H2,1-2H3,(H,26,28)(H,27,29). The van der Waals surface area contributed by atoms with Crippen molar-refractivity contribution < 1.29 is 9.59 Å². The lowest BCUT2D eigenvalue weighted by atomic mass is 9.96. The summed E-state index contributed by atoms with van der Waals surface area (Å²) in [6, 6.07) is 9.27. The average Bonchev–Trinajstić information content (AvgIpc) is 3.20. The van der Waals surface area contributed by atoms with Crippen molar-refractivity contribution in [2.45, 2.75) is 50.4 Å². The summed E-state index contributed by atoms with van der Waals surface area (Å²) in [5, 5.41) is 2.64.